The van der Waals surface area contributed by atoms with Crippen LogP contribution < -0.4 is 0 Å². The first-order chi connectivity index (χ1) is 23.8. The van der Waals surface area contributed by atoms with E-state index in [0.29, 0.717) is 0 Å². The minimum atomic E-state index is 0.899. The van der Waals surface area contributed by atoms with Gasteiger partial charge in [-0.1, -0.05) is 97.1 Å². The molecule has 0 radical (unpaired) electrons. The van der Waals surface area contributed by atoms with Crippen molar-refractivity contribution in [3.05, 3.63) is 152 Å². The van der Waals surface area contributed by atoms with E-state index in [9.17, 15) is 0 Å². The minimum Gasteiger partial charge on any atom is -0.454 e. The summed E-state index contributed by atoms with van der Waals surface area (Å²) >= 11 is 0. The van der Waals surface area contributed by atoms with Gasteiger partial charge in [-0.15, -0.1) is 0 Å². The Bertz CT molecular complexity index is 3330. The number of aromatic nitrogens is 3. The van der Waals surface area contributed by atoms with Crippen molar-refractivity contribution in [2.45, 2.75) is 0 Å². The highest BCUT2D eigenvalue weighted by molar-refractivity contribution is 6.27. The predicted octanol–water partition coefficient (Wildman–Crippen LogP) is 11.8. The smallest absolute Gasteiger partial charge is 0.161 e. The number of rotatable bonds is 1. The van der Waals surface area contributed by atoms with Crippen LogP contribution in [0.4, 0.5) is 0 Å². The third-order valence-electron chi connectivity index (χ3n) is 10.5. The van der Waals surface area contributed by atoms with E-state index in [1.54, 1.807) is 0 Å². The molecule has 0 atom stereocenters. The summed E-state index contributed by atoms with van der Waals surface area (Å²) in [5.74, 6) is 0. The lowest BCUT2D eigenvalue weighted by molar-refractivity contribution is 0.673. The van der Waals surface area contributed by atoms with Gasteiger partial charge in [-0.2, -0.15) is 0 Å². The Hall–Kier alpha value is -6.52. The Morgan fingerprint density at radius 3 is 1.69 bits per heavy atom. The maximum absolute atomic E-state index is 6.73. The summed E-state index contributed by atoms with van der Waals surface area (Å²) in [6, 6.07) is 55.1. The molecule has 0 amide bonds. The summed E-state index contributed by atoms with van der Waals surface area (Å²) in [5, 5.41) is 9.62. The molecule has 12 rings (SSSR count). The molecule has 0 spiro atoms. The quantitative estimate of drug-likeness (QED) is 0.181. The number of nitrogens with zero attached hydrogens (tertiary/aromatic N) is 3. The molecule has 0 aliphatic carbocycles. The van der Waals surface area contributed by atoms with Crippen molar-refractivity contribution in [1.82, 2.24) is 13.4 Å². The van der Waals surface area contributed by atoms with Gasteiger partial charge in [-0.25, -0.2) is 0 Å². The van der Waals surface area contributed by atoms with Gasteiger partial charge >= 0.3 is 0 Å². The molecule has 0 bridgehead atoms. The zero-order chi connectivity index (χ0) is 31.1. The van der Waals surface area contributed by atoms with Gasteiger partial charge in [0.25, 0.3) is 0 Å². The summed E-state index contributed by atoms with van der Waals surface area (Å²) in [6.45, 7) is 0. The van der Waals surface area contributed by atoms with Gasteiger partial charge in [0.05, 0.1) is 38.6 Å². The lowest BCUT2D eigenvalue weighted by atomic mass is 10.1. The molecular formula is C44H25N3O. The lowest BCUT2D eigenvalue weighted by Gasteiger charge is -2.13. The van der Waals surface area contributed by atoms with Crippen molar-refractivity contribution in [3.63, 3.8) is 0 Å². The van der Waals surface area contributed by atoms with E-state index in [1.165, 1.54) is 59.9 Å². The minimum absolute atomic E-state index is 0.899. The molecule has 5 aromatic heterocycles. The molecule has 0 aliphatic rings. The molecular weight excluding hydrogens is 587 g/mol. The molecule has 0 unspecified atom stereocenters. The van der Waals surface area contributed by atoms with Crippen LogP contribution in [0, 0.1) is 0 Å². The van der Waals surface area contributed by atoms with Crippen molar-refractivity contribution in [1.29, 1.82) is 0 Å². The highest BCUT2D eigenvalue weighted by atomic mass is 16.3. The Morgan fingerprint density at radius 2 is 0.896 bits per heavy atom. The average molecular weight is 612 g/mol. The third kappa shape index (κ3) is 2.88. The maximum Gasteiger partial charge on any atom is 0.161 e. The van der Waals surface area contributed by atoms with Gasteiger partial charge in [-0.3, -0.25) is 0 Å². The maximum atomic E-state index is 6.73. The van der Waals surface area contributed by atoms with E-state index in [0.717, 1.165) is 44.2 Å². The summed E-state index contributed by atoms with van der Waals surface area (Å²) in [4.78, 5) is 0. The first-order valence-corrected chi connectivity index (χ1v) is 16.5. The number of para-hydroxylation sites is 6. The molecule has 0 saturated heterocycles. The monoisotopic (exact) mass is 611 g/mol. The largest absolute Gasteiger partial charge is 0.454 e. The van der Waals surface area contributed by atoms with Gasteiger partial charge in [0.15, 0.2) is 5.58 Å². The van der Waals surface area contributed by atoms with E-state index in [4.69, 9.17) is 4.42 Å². The summed E-state index contributed by atoms with van der Waals surface area (Å²) in [5.41, 5.74) is 12.3. The van der Waals surface area contributed by atoms with E-state index in [2.05, 4.69) is 165 Å². The lowest BCUT2D eigenvalue weighted by Crippen LogP contribution is -1.97. The Kier molecular flexibility index (Phi) is 4.44. The van der Waals surface area contributed by atoms with Crippen molar-refractivity contribution in [2.75, 3.05) is 0 Å². The van der Waals surface area contributed by atoms with Crippen LogP contribution in [0.5, 0.6) is 0 Å². The Balaban J connectivity index is 1.49. The fraction of sp³-hybridized carbons (Fsp3) is 0. The first-order valence-electron chi connectivity index (χ1n) is 16.5. The second kappa shape index (κ2) is 8.64. The van der Waals surface area contributed by atoms with Crippen LogP contribution in [-0.4, -0.2) is 13.4 Å². The van der Waals surface area contributed by atoms with Crippen LogP contribution >= 0.6 is 0 Å². The molecule has 0 N–H and O–H groups in total. The van der Waals surface area contributed by atoms with Gasteiger partial charge < -0.3 is 17.8 Å². The van der Waals surface area contributed by atoms with Gasteiger partial charge in [0.2, 0.25) is 0 Å². The number of furan rings is 1. The standard InChI is InChI=1S/C44H25N3O/c1-2-12-26(13-3-1)45-35-21-7-5-15-28(35)34-24-38-39(25-37(34)45)47-42-31(19-11-20-33(42)44-43(47)32-16-6-9-23-40(32)48-44)30-18-10-17-29-27-14-4-8-22-36(27)46(38)41(29)30/h1-25H. The van der Waals surface area contributed by atoms with Gasteiger partial charge in [0.1, 0.15) is 11.1 Å². The van der Waals surface area contributed by atoms with Crippen molar-refractivity contribution >= 4 is 98.4 Å². The highest BCUT2D eigenvalue weighted by Crippen LogP contribution is 2.44. The second-order valence-corrected chi connectivity index (χ2v) is 12.9. The highest BCUT2D eigenvalue weighted by Gasteiger charge is 2.23. The normalized spacial score (nSPS) is 12.6. The molecule has 0 saturated carbocycles. The molecule has 7 aromatic carbocycles. The van der Waals surface area contributed by atoms with E-state index in [1.807, 2.05) is 0 Å². The fourth-order valence-electron chi connectivity index (χ4n) is 8.67. The molecule has 4 nitrogen and oxygen atoms in total. The molecule has 0 fully saturated rings. The zero-order valence-corrected chi connectivity index (χ0v) is 25.7. The number of hydrogen-bond donors (Lipinski definition) is 0. The van der Waals surface area contributed by atoms with Crippen LogP contribution in [-0.2, 0) is 0 Å². The Morgan fingerprint density at radius 1 is 0.333 bits per heavy atom. The summed E-state index contributed by atoms with van der Waals surface area (Å²) < 4.78 is 14.1. The molecule has 4 heteroatoms. The molecule has 5 heterocycles. The number of hydrogen-bond acceptors (Lipinski definition) is 1. The SMILES string of the molecule is c1ccc(-n2c3ccccc3c3cc4c(cc32)n2c3c(cccc3c3oc5ccccc5c32)c2cccc3c5ccccc5n4c32)cc1. The molecule has 12 aromatic rings. The van der Waals surface area contributed by atoms with E-state index < -0.39 is 0 Å². The Labute approximate surface area is 272 Å². The van der Waals surface area contributed by atoms with Gasteiger partial charge in [0, 0.05) is 48.8 Å². The van der Waals surface area contributed by atoms with E-state index in [-0.39, 0.29) is 0 Å². The van der Waals surface area contributed by atoms with Crippen LogP contribution in [0.2, 0.25) is 0 Å². The molecule has 222 valence electrons. The van der Waals surface area contributed by atoms with Crippen LogP contribution in [0.15, 0.2) is 156 Å². The molecule has 0 aliphatic heterocycles. The third-order valence-corrected chi connectivity index (χ3v) is 10.5. The fourth-order valence-corrected chi connectivity index (χ4v) is 8.67. The number of fused-ring (bicyclic) bond motifs is 15. The van der Waals surface area contributed by atoms with Crippen LogP contribution in [0.1, 0.15) is 0 Å². The van der Waals surface area contributed by atoms with Crippen molar-refractivity contribution in [3.8, 4) is 5.69 Å². The topological polar surface area (TPSA) is 26.9 Å². The van der Waals surface area contributed by atoms with Gasteiger partial charge in [-0.05, 0) is 54.6 Å². The average Bonchev–Trinajstić information content (AvgIpc) is 3.87. The van der Waals surface area contributed by atoms with Crippen molar-refractivity contribution in [2.24, 2.45) is 0 Å². The molecule has 48 heavy (non-hydrogen) atoms. The summed E-state index contributed by atoms with van der Waals surface area (Å²) in [7, 11) is 0. The summed E-state index contributed by atoms with van der Waals surface area (Å²) in [6.07, 6.45) is 0. The zero-order valence-electron chi connectivity index (χ0n) is 25.7. The predicted molar refractivity (Wildman–Crippen MR) is 200 cm³/mol. The second-order valence-electron chi connectivity index (χ2n) is 12.9. The number of benzene rings is 7. The van der Waals surface area contributed by atoms with Crippen LogP contribution in [0.3, 0.4) is 0 Å². The first kappa shape index (κ1) is 24.7. The van der Waals surface area contributed by atoms with E-state index >= 15 is 0 Å². The van der Waals surface area contributed by atoms with Crippen LogP contribution in [0.25, 0.3) is 104 Å². The van der Waals surface area contributed by atoms with Crippen molar-refractivity contribution < 1.29 is 4.42 Å².